The van der Waals surface area contributed by atoms with Gasteiger partial charge in [-0.3, -0.25) is 4.90 Å². The Morgan fingerprint density at radius 3 is 2.33 bits per heavy atom. The van der Waals surface area contributed by atoms with Crippen LogP contribution in [0.3, 0.4) is 0 Å². The molecule has 0 fully saturated rings. The first kappa shape index (κ1) is 18.3. The van der Waals surface area contributed by atoms with Gasteiger partial charge in [-0.05, 0) is 23.8 Å². The van der Waals surface area contributed by atoms with E-state index in [-0.39, 0.29) is 18.9 Å². The number of phenolic OH excluding ortho intramolecular Hbond substituents is 1. The Morgan fingerprint density at radius 2 is 1.59 bits per heavy atom. The largest absolute Gasteiger partial charge is 0.508 e. The molecule has 1 N–H and O–H groups in total. The fourth-order valence-corrected chi connectivity index (χ4v) is 2.71. The van der Waals surface area contributed by atoms with E-state index >= 15 is 0 Å². The number of ether oxygens (including phenoxy) is 2. The van der Waals surface area contributed by atoms with Gasteiger partial charge in [0, 0.05) is 5.56 Å². The summed E-state index contributed by atoms with van der Waals surface area (Å²) in [5.74, 6) is 0.665. The SMILES string of the molecule is COc1ccccc1N(Cc1ccccc1O)C(=O)OCc1ccccc1. The summed E-state index contributed by atoms with van der Waals surface area (Å²) in [5.41, 5.74) is 2.08. The second-order valence-electron chi connectivity index (χ2n) is 5.93. The van der Waals surface area contributed by atoms with E-state index in [4.69, 9.17) is 9.47 Å². The molecule has 0 saturated heterocycles. The zero-order chi connectivity index (χ0) is 19.1. The van der Waals surface area contributed by atoms with Crippen molar-refractivity contribution >= 4 is 11.8 Å². The maximum atomic E-state index is 12.9. The molecule has 0 spiro atoms. The van der Waals surface area contributed by atoms with E-state index in [9.17, 15) is 9.90 Å². The highest BCUT2D eigenvalue weighted by Crippen LogP contribution is 2.31. The first-order valence-electron chi connectivity index (χ1n) is 8.57. The Bertz CT molecular complexity index is 896. The summed E-state index contributed by atoms with van der Waals surface area (Å²) in [7, 11) is 1.55. The number of carbonyl (C=O) groups excluding carboxylic acids is 1. The molecular formula is C22H21NO4. The third-order valence-corrected chi connectivity index (χ3v) is 4.12. The van der Waals surface area contributed by atoms with Crippen LogP contribution in [-0.4, -0.2) is 18.3 Å². The van der Waals surface area contributed by atoms with Crippen LogP contribution in [-0.2, 0) is 17.9 Å². The predicted molar refractivity (Wildman–Crippen MR) is 104 cm³/mol. The van der Waals surface area contributed by atoms with Crippen LogP contribution in [0, 0.1) is 0 Å². The lowest BCUT2D eigenvalue weighted by Gasteiger charge is -2.24. The molecule has 0 bridgehead atoms. The molecule has 0 aliphatic rings. The van der Waals surface area contributed by atoms with Gasteiger partial charge >= 0.3 is 6.09 Å². The number of carbonyl (C=O) groups is 1. The smallest absolute Gasteiger partial charge is 0.415 e. The molecule has 138 valence electrons. The fourth-order valence-electron chi connectivity index (χ4n) is 2.71. The average molecular weight is 363 g/mol. The Labute approximate surface area is 158 Å². The van der Waals surface area contributed by atoms with Gasteiger partial charge in [0.2, 0.25) is 0 Å². The zero-order valence-corrected chi connectivity index (χ0v) is 15.0. The summed E-state index contributed by atoms with van der Waals surface area (Å²) in [6.07, 6.45) is -0.522. The molecule has 0 aliphatic carbocycles. The highest BCUT2D eigenvalue weighted by atomic mass is 16.6. The van der Waals surface area contributed by atoms with Gasteiger partial charge in [-0.2, -0.15) is 0 Å². The van der Waals surface area contributed by atoms with Gasteiger partial charge in [-0.25, -0.2) is 4.79 Å². The van der Waals surface area contributed by atoms with Crippen LogP contribution in [0.2, 0.25) is 0 Å². The second-order valence-corrected chi connectivity index (χ2v) is 5.93. The van der Waals surface area contributed by atoms with Gasteiger partial charge < -0.3 is 14.6 Å². The van der Waals surface area contributed by atoms with Crippen molar-refractivity contribution < 1.29 is 19.4 Å². The Hall–Kier alpha value is -3.47. The van der Waals surface area contributed by atoms with Crippen molar-refractivity contribution in [1.82, 2.24) is 0 Å². The topological polar surface area (TPSA) is 59.0 Å². The lowest BCUT2D eigenvalue weighted by atomic mass is 10.1. The van der Waals surface area contributed by atoms with E-state index in [0.29, 0.717) is 17.0 Å². The standard InChI is InChI=1S/C22H21NO4/c1-26-21-14-8-6-12-19(21)23(15-18-11-5-7-13-20(18)24)22(25)27-16-17-9-3-2-4-10-17/h2-14,24H,15-16H2,1H3. The van der Waals surface area contributed by atoms with E-state index in [0.717, 1.165) is 5.56 Å². The van der Waals surface area contributed by atoms with Crippen LogP contribution < -0.4 is 9.64 Å². The molecule has 0 saturated carbocycles. The number of hydrogen-bond donors (Lipinski definition) is 1. The summed E-state index contributed by atoms with van der Waals surface area (Å²) >= 11 is 0. The van der Waals surface area contributed by atoms with Gasteiger partial charge in [0.1, 0.15) is 18.1 Å². The van der Waals surface area contributed by atoms with Gasteiger partial charge in [-0.15, -0.1) is 0 Å². The molecule has 3 aromatic carbocycles. The molecule has 5 nitrogen and oxygen atoms in total. The van der Waals surface area contributed by atoms with Crippen molar-refractivity contribution in [2.75, 3.05) is 12.0 Å². The predicted octanol–water partition coefficient (Wildman–Crippen LogP) is 4.74. The number of nitrogens with zero attached hydrogens (tertiary/aromatic N) is 1. The van der Waals surface area contributed by atoms with Crippen LogP contribution >= 0.6 is 0 Å². The molecule has 0 aromatic heterocycles. The number of anilines is 1. The van der Waals surface area contributed by atoms with Crippen molar-refractivity contribution in [3.8, 4) is 11.5 Å². The Balaban J connectivity index is 1.87. The molecule has 0 heterocycles. The molecule has 0 aliphatic heterocycles. The van der Waals surface area contributed by atoms with Crippen LogP contribution in [0.5, 0.6) is 11.5 Å². The number of rotatable bonds is 6. The Morgan fingerprint density at radius 1 is 0.926 bits per heavy atom. The normalized spacial score (nSPS) is 10.3. The highest BCUT2D eigenvalue weighted by molar-refractivity contribution is 5.89. The van der Waals surface area contributed by atoms with Gasteiger partial charge in [-0.1, -0.05) is 60.7 Å². The van der Waals surface area contributed by atoms with Crippen molar-refractivity contribution in [3.63, 3.8) is 0 Å². The summed E-state index contributed by atoms with van der Waals surface area (Å²) in [5, 5.41) is 10.1. The molecule has 27 heavy (non-hydrogen) atoms. The van der Waals surface area contributed by atoms with Gasteiger partial charge in [0.25, 0.3) is 0 Å². The number of methoxy groups -OCH3 is 1. The van der Waals surface area contributed by atoms with E-state index in [1.807, 2.05) is 48.5 Å². The number of hydrogen-bond acceptors (Lipinski definition) is 4. The zero-order valence-electron chi connectivity index (χ0n) is 15.0. The van der Waals surface area contributed by atoms with Gasteiger partial charge in [0.05, 0.1) is 19.3 Å². The lowest BCUT2D eigenvalue weighted by molar-refractivity contribution is 0.146. The highest BCUT2D eigenvalue weighted by Gasteiger charge is 2.22. The second kappa shape index (κ2) is 8.76. The van der Waals surface area contributed by atoms with Crippen molar-refractivity contribution in [2.24, 2.45) is 0 Å². The van der Waals surface area contributed by atoms with E-state index in [1.165, 1.54) is 4.90 Å². The molecule has 1 amide bonds. The van der Waals surface area contributed by atoms with E-state index in [2.05, 4.69) is 0 Å². The molecule has 0 radical (unpaired) electrons. The van der Waals surface area contributed by atoms with Crippen LogP contribution in [0.25, 0.3) is 0 Å². The quantitative estimate of drug-likeness (QED) is 0.687. The minimum absolute atomic E-state index is 0.119. The molecule has 3 rings (SSSR count). The Kier molecular flexibility index (Phi) is 5.94. The summed E-state index contributed by atoms with van der Waals surface area (Å²) in [6.45, 7) is 0.312. The number of phenols is 1. The molecule has 3 aromatic rings. The van der Waals surface area contributed by atoms with Crippen LogP contribution in [0.15, 0.2) is 78.9 Å². The minimum atomic E-state index is -0.522. The van der Waals surface area contributed by atoms with Crippen LogP contribution in [0.1, 0.15) is 11.1 Å². The number of amides is 1. The number of aromatic hydroxyl groups is 1. The average Bonchev–Trinajstić information content (AvgIpc) is 2.72. The molecule has 5 heteroatoms. The van der Waals surface area contributed by atoms with E-state index in [1.54, 1.807) is 37.4 Å². The molecular weight excluding hydrogens is 342 g/mol. The summed E-state index contributed by atoms with van der Waals surface area (Å²) in [6, 6.07) is 23.6. The van der Waals surface area contributed by atoms with Crippen molar-refractivity contribution in [2.45, 2.75) is 13.2 Å². The first-order chi connectivity index (χ1) is 13.2. The van der Waals surface area contributed by atoms with Crippen LogP contribution in [0.4, 0.5) is 10.5 Å². The third kappa shape index (κ3) is 4.58. The first-order valence-corrected chi connectivity index (χ1v) is 8.57. The third-order valence-electron chi connectivity index (χ3n) is 4.12. The van der Waals surface area contributed by atoms with Crippen molar-refractivity contribution in [3.05, 3.63) is 90.0 Å². The minimum Gasteiger partial charge on any atom is -0.508 e. The van der Waals surface area contributed by atoms with Crippen molar-refractivity contribution in [1.29, 1.82) is 0 Å². The maximum absolute atomic E-state index is 12.9. The van der Waals surface area contributed by atoms with E-state index < -0.39 is 6.09 Å². The maximum Gasteiger partial charge on any atom is 0.415 e. The lowest BCUT2D eigenvalue weighted by Crippen LogP contribution is -2.31. The molecule has 0 atom stereocenters. The summed E-state index contributed by atoms with van der Waals surface area (Å²) < 4.78 is 10.9. The number of benzene rings is 3. The van der Waals surface area contributed by atoms with Gasteiger partial charge in [0.15, 0.2) is 0 Å². The fraction of sp³-hybridized carbons (Fsp3) is 0.136. The monoisotopic (exact) mass is 363 g/mol. The molecule has 0 unspecified atom stereocenters. The number of para-hydroxylation sites is 3. The summed E-state index contributed by atoms with van der Waals surface area (Å²) in [4.78, 5) is 14.3.